The largest absolute Gasteiger partial charge is 0.326 e. The molecule has 182 valence electrons. The summed E-state index contributed by atoms with van der Waals surface area (Å²) in [5.74, 6) is -1.12. The molecule has 6 nitrogen and oxygen atoms in total. The Hall–Kier alpha value is -3.49. The lowest BCUT2D eigenvalue weighted by Gasteiger charge is -2.23. The number of aryl methyl sites for hydroxylation is 1. The molecule has 3 aromatic rings. The van der Waals surface area contributed by atoms with E-state index in [4.69, 9.17) is 16.7 Å². The van der Waals surface area contributed by atoms with Crippen molar-refractivity contribution in [2.45, 2.75) is 31.1 Å². The molecular weight excluding hydrogens is 499 g/mol. The van der Waals surface area contributed by atoms with Gasteiger partial charge in [0, 0.05) is 23.6 Å². The second kappa shape index (κ2) is 10.2. The van der Waals surface area contributed by atoms with Crippen LogP contribution >= 0.6 is 23.4 Å². The second-order valence-electron chi connectivity index (χ2n) is 8.63. The topological polar surface area (TPSA) is 74.1 Å². The Kier molecular flexibility index (Phi) is 6.89. The molecule has 36 heavy (non-hydrogen) atoms. The van der Waals surface area contributed by atoms with Crippen molar-refractivity contribution in [3.8, 4) is 0 Å². The molecule has 0 aliphatic carbocycles. The number of hydrogen-bond donors (Lipinski definition) is 1. The Bertz CT molecular complexity index is 1380. The summed E-state index contributed by atoms with van der Waals surface area (Å²) in [7, 11) is 0. The highest BCUT2D eigenvalue weighted by molar-refractivity contribution is 8.15. The number of nitrogens with one attached hydrogen (secondary N) is 1. The SMILES string of the molecule is Cc1ccc(C2=NN(C3=NC(=O)[C@@H](CC(=O)Nc4ccc(F)cc4)S3)[C@H](c3cccc(Cl)c3)C2)cc1. The molecule has 3 aromatic carbocycles. The Labute approximate surface area is 217 Å². The Morgan fingerprint density at radius 1 is 1.14 bits per heavy atom. The summed E-state index contributed by atoms with van der Waals surface area (Å²) < 4.78 is 13.1. The molecule has 0 bridgehead atoms. The third-order valence-corrected chi connectivity index (χ3v) is 7.33. The molecule has 2 amide bonds. The van der Waals surface area contributed by atoms with Gasteiger partial charge in [-0.05, 0) is 54.4 Å². The van der Waals surface area contributed by atoms with E-state index in [0.29, 0.717) is 22.3 Å². The Morgan fingerprint density at radius 2 is 1.89 bits per heavy atom. The van der Waals surface area contributed by atoms with E-state index in [-0.39, 0.29) is 24.3 Å². The first-order valence-corrected chi connectivity index (χ1v) is 12.7. The molecule has 5 rings (SSSR count). The summed E-state index contributed by atoms with van der Waals surface area (Å²) in [6.45, 7) is 2.03. The molecule has 0 saturated carbocycles. The molecule has 0 aromatic heterocycles. The average molecular weight is 521 g/mol. The molecule has 0 fully saturated rings. The summed E-state index contributed by atoms with van der Waals surface area (Å²) in [6, 6.07) is 21.0. The molecule has 0 saturated heterocycles. The van der Waals surface area contributed by atoms with Crippen molar-refractivity contribution in [2.75, 3.05) is 5.32 Å². The fraction of sp³-hybridized carbons (Fsp3) is 0.185. The number of amidine groups is 1. The summed E-state index contributed by atoms with van der Waals surface area (Å²) in [5.41, 5.74) is 4.46. The lowest BCUT2D eigenvalue weighted by Crippen LogP contribution is -2.25. The number of aliphatic imine (C=N–C) groups is 1. The fourth-order valence-corrected chi connectivity index (χ4v) is 5.36. The highest BCUT2D eigenvalue weighted by atomic mass is 35.5. The number of hydrogen-bond acceptors (Lipinski definition) is 5. The van der Waals surface area contributed by atoms with Crippen LogP contribution in [0.5, 0.6) is 0 Å². The van der Waals surface area contributed by atoms with Crippen molar-refractivity contribution >= 4 is 51.7 Å². The van der Waals surface area contributed by atoms with Crippen LogP contribution in [0.4, 0.5) is 10.1 Å². The molecule has 2 atom stereocenters. The number of thioether (sulfide) groups is 1. The van der Waals surface area contributed by atoms with Crippen molar-refractivity contribution in [1.29, 1.82) is 0 Å². The first-order valence-electron chi connectivity index (χ1n) is 11.4. The number of rotatable bonds is 5. The van der Waals surface area contributed by atoms with Gasteiger partial charge >= 0.3 is 0 Å². The first kappa shape index (κ1) is 24.2. The summed E-state index contributed by atoms with van der Waals surface area (Å²) >= 11 is 7.49. The van der Waals surface area contributed by atoms with Crippen LogP contribution in [0.3, 0.4) is 0 Å². The number of carbonyl (C=O) groups is 2. The molecule has 1 N–H and O–H groups in total. The molecule has 0 radical (unpaired) electrons. The van der Waals surface area contributed by atoms with Crippen LogP contribution in [-0.2, 0) is 9.59 Å². The van der Waals surface area contributed by atoms with E-state index in [1.807, 2.05) is 55.5 Å². The number of benzene rings is 3. The van der Waals surface area contributed by atoms with E-state index in [1.165, 1.54) is 36.0 Å². The van der Waals surface area contributed by atoms with Gasteiger partial charge in [-0.15, -0.1) is 0 Å². The zero-order valence-corrected chi connectivity index (χ0v) is 20.9. The van der Waals surface area contributed by atoms with Crippen molar-refractivity contribution in [1.82, 2.24) is 5.01 Å². The summed E-state index contributed by atoms with van der Waals surface area (Å²) in [6.07, 6.45) is 0.560. The van der Waals surface area contributed by atoms with Crippen LogP contribution in [0.15, 0.2) is 82.9 Å². The molecule has 9 heteroatoms. The van der Waals surface area contributed by atoms with Gasteiger partial charge in [-0.3, -0.25) is 9.59 Å². The molecule has 2 aliphatic heterocycles. The lowest BCUT2D eigenvalue weighted by molar-refractivity contribution is -0.121. The number of carbonyl (C=O) groups excluding carboxylic acids is 2. The smallest absolute Gasteiger partial charge is 0.262 e. The van der Waals surface area contributed by atoms with Gasteiger partial charge in [0.25, 0.3) is 5.91 Å². The quantitative estimate of drug-likeness (QED) is 0.450. The maximum absolute atomic E-state index is 13.1. The average Bonchev–Trinajstić information content (AvgIpc) is 3.45. The van der Waals surface area contributed by atoms with Gasteiger partial charge < -0.3 is 5.32 Å². The first-order chi connectivity index (χ1) is 17.4. The predicted octanol–water partition coefficient (Wildman–Crippen LogP) is 5.97. The zero-order valence-electron chi connectivity index (χ0n) is 19.3. The van der Waals surface area contributed by atoms with Crippen LogP contribution in [0.1, 0.15) is 35.6 Å². The van der Waals surface area contributed by atoms with Gasteiger partial charge in [-0.1, -0.05) is 65.3 Å². The monoisotopic (exact) mass is 520 g/mol. The van der Waals surface area contributed by atoms with E-state index >= 15 is 0 Å². The second-order valence-corrected chi connectivity index (χ2v) is 10.2. The molecular formula is C27H22ClFN4O2S. The highest BCUT2D eigenvalue weighted by Gasteiger charge is 2.39. The van der Waals surface area contributed by atoms with Gasteiger partial charge in [0.1, 0.15) is 11.1 Å². The Balaban J connectivity index is 1.35. The number of nitrogens with zero attached hydrogens (tertiary/aromatic N) is 3. The lowest BCUT2D eigenvalue weighted by atomic mass is 9.98. The number of anilines is 1. The molecule has 0 spiro atoms. The number of hydrazone groups is 1. The minimum atomic E-state index is -0.668. The fourth-order valence-electron chi connectivity index (χ4n) is 4.10. The van der Waals surface area contributed by atoms with Crippen molar-refractivity contribution < 1.29 is 14.0 Å². The minimum absolute atomic E-state index is 0.0575. The molecule has 0 unspecified atom stereocenters. The minimum Gasteiger partial charge on any atom is -0.326 e. The molecule has 2 heterocycles. The maximum Gasteiger partial charge on any atom is 0.262 e. The van der Waals surface area contributed by atoms with Gasteiger partial charge in [-0.2, -0.15) is 10.1 Å². The van der Waals surface area contributed by atoms with Crippen LogP contribution in [-0.4, -0.2) is 33.0 Å². The third kappa shape index (κ3) is 5.34. The van der Waals surface area contributed by atoms with Crippen molar-refractivity contribution in [3.05, 3.63) is 100 Å². The van der Waals surface area contributed by atoms with E-state index < -0.39 is 11.1 Å². The van der Waals surface area contributed by atoms with E-state index in [9.17, 15) is 14.0 Å². The Morgan fingerprint density at radius 3 is 2.61 bits per heavy atom. The van der Waals surface area contributed by atoms with E-state index in [1.54, 1.807) is 5.01 Å². The van der Waals surface area contributed by atoms with Gasteiger partial charge in [0.2, 0.25) is 5.91 Å². The zero-order chi connectivity index (χ0) is 25.2. The van der Waals surface area contributed by atoms with Crippen molar-refractivity contribution in [2.24, 2.45) is 10.1 Å². The predicted molar refractivity (Wildman–Crippen MR) is 142 cm³/mol. The van der Waals surface area contributed by atoms with E-state index in [0.717, 1.165) is 22.4 Å². The molecule has 2 aliphatic rings. The third-order valence-electron chi connectivity index (χ3n) is 5.95. The van der Waals surface area contributed by atoms with Gasteiger partial charge in [0.15, 0.2) is 5.17 Å². The van der Waals surface area contributed by atoms with Gasteiger partial charge in [0.05, 0.1) is 11.8 Å². The van der Waals surface area contributed by atoms with Crippen LogP contribution in [0.25, 0.3) is 0 Å². The van der Waals surface area contributed by atoms with Crippen LogP contribution in [0, 0.1) is 12.7 Å². The standard InChI is InChI=1S/C27H22ClFN4O2S/c1-16-5-7-17(8-6-16)22-14-23(18-3-2-4-19(28)13-18)33(32-22)27-31-26(35)24(36-27)15-25(34)30-21-11-9-20(29)10-12-21/h2-13,23-24H,14-15H2,1H3,(H,30,34)/t23-,24+/m0/s1. The number of halogens is 2. The summed E-state index contributed by atoms with van der Waals surface area (Å²) in [5, 5.41) is 9.71. The number of amides is 2. The van der Waals surface area contributed by atoms with Crippen LogP contribution < -0.4 is 5.32 Å². The van der Waals surface area contributed by atoms with Gasteiger partial charge in [-0.25, -0.2) is 9.40 Å². The maximum atomic E-state index is 13.1. The van der Waals surface area contributed by atoms with Crippen LogP contribution in [0.2, 0.25) is 5.02 Å². The highest BCUT2D eigenvalue weighted by Crippen LogP contribution is 2.39. The summed E-state index contributed by atoms with van der Waals surface area (Å²) in [4.78, 5) is 29.5. The van der Waals surface area contributed by atoms with E-state index in [2.05, 4.69) is 10.3 Å². The normalized spacial score (nSPS) is 19.3. The van der Waals surface area contributed by atoms with Crippen molar-refractivity contribution in [3.63, 3.8) is 0 Å².